The molecule has 3 aromatic rings. The van der Waals surface area contributed by atoms with E-state index in [1.54, 1.807) is 24.3 Å². The molecule has 0 aliphatic rings. The van der Waals surface area contributed by atoms with Crippen LogP contribution in [0, 0.1) is 23.5 Å². The molecule has 7 nitrogen and oxygen atoms in total. The molecule has 0 bridgehead atoms. The summed E-state index contributed by atoms with van der Waals surface area (Å²) in [5, 5.41) is 8.25. The van der Waals surface area contributed by atoms with E-state index < -0.39 is 29.3 Å². The summed E-state index contributed by atoms with van der Waals surface area (Å²) in [5.41, 5.74) is 0.130. The van der Waals surface area contributed by atoms with Crippen LogP contribution in [-0.4, -0.2) is 28.9 Å². The Balaban J connectivity index is 1.77. The van der Waals surface area contributed by atoms with E-state index in [1.165, 1.54) is 25.0 Å². The number of benzene rings is 2. The summed E-state index contributed by atoms with van der Waals surface area (Å²) in [6, 6.07) is 9.98. The molecule has 2 amide bonds. The van der Waals surface area contributed by atoms with Gasteiger partial charge in [0, 0.05) is 24.4 Å². The number of urea groups is 1. The molecule has 2 N–H and O–H groups in total. The lowest BCUT2D eigenvalue weighted by Gasteiger charge is -2.09. The first-order valence-corrected chi connectivity index (χ1v) is 8.63. The van der Waals surface area contributed by atoms with Gasteiger partial charge in [-0.25, -0.2) is 18.4 Å². The number of hydrogen-bond acceptors (Lipinski definition) is 4. The van der Waals surface area contributed by atoms with Gasteiger partial charge in [0.1, 0.15) is 11.3 Å². The maximum Gasteiger partial charge on any atom is 0.343 e. The quantitative estimate of drug-likeness (QED) is 0.511. The third-order valence-corrected chi connectivity index (χ3v) is 3.87. The van der Waals surface area contributed by atoms with Crippen molar-refractivity contribution < 1.29 is 23.1 Å². The lowest BCUT2D eigenvalue weighted by molar-refractivity contribution is 0.0602. The first-order chi connectivity index (χ1) is 14.4. The number of methoxy groups -OCH3 is 1. The minimum Gasteiger partial charge on any atom is -0.465 e. The van der Waals surface area contributed by atoms with E-state index in [-0.39, 0.29) is 16.9 Å². The van der Waals surface area contributed by atoms with E-state index in [1.807, 2.05) is 6.07 Å². The Hall–Kier alpha value is -4.19. The molecule has 30 heavy (non-hydrogen) atoms. The molecule has 2 aromatic carbocycles. The molecule has 9 heteroatoms. The minimum absolute atomic E-state index is 0.0115. The molecule has 1 heterocycles. The number of nitrogens with one attached hydrogen (secondary N) is 2. The van der Waals surface area contributed by atoms with Crippen LogP contribution in [0.1, 0.15) is 21.5 Å². The maximum absolute atomic E-state index is 14.4. The topological polar surface area (TPSA) is 85.2 Å². The number of hydrogen-bond donors (Lipinski definition) is 2. The third kappa shape index (κ3) is 4.80. The average Bonchev–Trinajstić information content (AvgIpc) is 3.09. The van der Waals surface area contributed by atoms with Gasteiger partial charge in [-0.15, -0.1) is 0 Å². The van der Waals surface area contributed by atoms with Crippen molar-refractivity contribution in [2.45, 2.75) is 0 Å². The van der Waals surface area contributed by atoms with Crippen molar-refractivity contribution in [3.8, 4) is 11.8 Å². The van der Waals surface area contributed by atoms with E-state index in [9.17, 15) is 18.4 Å². The van der Waals surface area contributed by atoms with Crippen molar-refractivity contribution in [1.29, 1.82) is 0 Å². The summed E-state index contributed by atoms with van der Waals surface area (Å²) < 4.78 is 34.6. The second-order valence-corrected chi connectivity index (χ2v) is 6.07. The number of carbonyl (C=O) groups excluding carboxylic acids is 2. The molecule has 0 radical (unpaired) electrons. The van der Waals surface area contributed by atoms with Gasteiger partial charge in [-0.1, -0.05) is 30.0 Å². The number of carbonyl (C=O) groups is 2. The number of amides is 2. The van der Waals surface area contributed by atoms with Crippen molar-refractivity contribution in [1.82, 2.24) is 9.78 Å². The Morgan fingerprint density at radius 2 is 1.67 bits per heavy atom. The SMILES string of the molecule is COC(=O)c1cn(C)nc1NC(=O)Nc1c(F)cc(C#Cc2ccccc2)cc1F. The van der Waals surface area contributed by atoms with Crippen LogP contribution in [-0.2, 0) is 11.8 Å². The van der Waals surface area contributed by atoms with Crippen molar-refractivity contribution in [2.75, 3.05) is 17.7 Å². The molecule has 0 saturated carbocycles. The lowest BCUT2D eigenvalue weighted by atomic mass is 10.1. The number of esters is 1. The molecule has 3 rings (SSSR count). The van der Waals surface area contributed by atoms with Gasteiger partial charge in [-0.3, -0.25) is 10.00 Å². The molecule has 0 spiro atoms. The zero-order valence-electron chi connectivity index (χ0n) is 16.0. The van der Waals surface area contributed by atoms with Gasteiger partial charge in [0.25, 0.3) is 0 Å². The van der Waals surface area contributed by atoms with Crippen LogP contribution in [0.5, 0.6) is 0 Å². The number of ether oxygens (including phenoxy) is 1. The smallest absolute Gasteiger partial charge is 0.343 e. The largest absolute Gasteiger partial charge is 0.465 e. The van der Waals surface area contributed by atoms with Crippen LogP contribution in [0.3, 0.4) is 0 Å². The molecule has 0 fully saturated rings. The predicted molar refractivity (Wildman–Crippen MR) is 106 cm³/mol. The number of halogens is 2. The number of nitrogens with zero attached hydrogens (tertiary/aromatic N) is 2. The molecule has 0 unspecified atom stereocenters. The fourth-order valence-electron chi connectivity index (χ4n) is 2.52. The Labute approximate surface area is 170 Å². The van der Waals surface area contributed by atoms with Crippen LogP contribution in [0.2, 0.25) is 0 Å². The zero-order chi connectivity index (χ0) is 21.7. The number of anilines is 2. The van der Waals surface area contributed by atoms with E-state index in [0.717, 1.165) is 12.1 Å². The van der Waals surface area contributed by atoms with Gasteiger partial charge < -0.3 is 10.1 Å². The summed E-state index contributed by atoms with van der Waals surface area (Å²) in [7, 11) is 2.70. The highest BCUT2D eigenvalue weighted by Crippen LogP contribution is 2.21. The van der Waals surface area contributed by atoms with Gasteiger partial charge in [-0.2, -0.15) is 5.10 Å². The van der Waals surface area contributed by atoms with Gasteiger partial charge in [0.05, 0.1) is 7.11 Å². The second kappa shape index (κ2) is 8.87. The molecule has 0 saturated heterocycles. The lowest BCUT2D eigenvalue weighted by Crippen LogP contribution is -2.22. The fraction of sp³-hybridized carbons (Fsp3) is 0.0952. The zero-order valence-corrected chi connectivity index (χ0v) is 16.0. The summed E-state index contributed by atoms with van der Waals surface area (Å²) in [6.45, 7) is 0. The second-order valence-electron chi connectivity index (χ2n) is 6.07. The van der Waals surface area contributed by atoms with E-state index in [2.05, 4.69) is 32.3 Å². The van der Waals surface area contributed by atoms with Crippen LogP contribution in [0.25, 0.3) is 0 Å². The highest BCUT2D eigenvalue weighted by atomic mass is 19.1. The number of aryl methyl sites for hydroxylation is 1. The van der Waals surface area contributed by atoms with E-state index in [0.29, 0.717) is 5.56 Å². The summed E-state index contributed by atoms with van der Waals surface area (Å²) in [5.74, 6) is 2.62. The van der Waals surface area contributed by atoms with Crippen molar-refractivity contribution in [3.63, 3.8) is 0 Å². The van der Waals surface area contributed by atoms with Crippen LogP contribution in [0.15, 0.2) is 48.7 Å². The maximum atomic E-state index is 14.4. The molecular weight excluding hydrogens is 394 g/mol. The Kier molecular flexibility index (Phi) is 6.08. The molecule has 0 aliphatic heterocycles. The standard InChI is InChI=1S/C21H16F2N4O3/c1-27-12-15(20(28)30-2)19(26-27)25-21(29)24-18-16(22)10-14(11-17(18)23)9-8-13-6-4-3-5-7-13/h3-7,10-12H,1-2H3,(H2,24,25,26,29). The van der Waals surface area contributed by atoms with E-state index >= 15 is 0 Å². The third-order valence-electron chi connectivity index (χ3n) is 3.87. The fourth-order valence-corrected chi connectivity index (χ4v) is 2.52. The predicted octanol–water partition coefficient (Wildman–Crippen LogP) is 3.53. The molecule has 0 atom stereocenters. The Bertz CT molecular complexity index is 1140. The summed E-state index contributed by atoms with van der Waals surface area (Å²) in [6.07, 6.45) is 1.34. The van der Waals surface area contributed by atoms with Crippen molar-refractivity contribution >= 4 is 23.5 Å². The number of aromatic nitrogens is 2. The van der Waals surface area contributed by atoms with Crippen LogP contribution >= 0.6 is 0 Å². The molecule has 152 valence electrons. The Morgan fingerprint density at radius 1 is 1.03 bits per heavy atom. The summed E-state index contributed by atoms with van der Waals surface area (Å²) in [4.78, 5) is 23.9. The van der Waals surface area contributed by atoms with Crippen molar-refractivity contribution in [3.05, 3.63) is 77.0 Å². The first kappa shape index (κ1) is 20.5. The van der Waals surface area contributed by atoms with Crippen molar-refractivity contribution in [2.24, 2.45) is 7.05 Å². The minimum atomic E-state index is -1.00. The van der Waals surface area contributed by atoms with Gasteiger partial charge in [-0.05, 0) is 24.3 Å². The van der Waals surface area contributed by atoms with Crippen LogP contribution < -0.4 is 10.6 Å². The van der Waals surface area contributed by atoms with Gasteiger partial charge in [0.15, 0.2) is 17.5 Å². The highest BCUT2D eigenvalue weighted by molar-refractivity contribution is 6.04. The van der Waals surface area contributed by atoms with Crippen LogP contribution in [0.4, 0.5) is 25.1 Å². The Morgan fingerprint density at radius 3 is 2.30 bits per heavy atom. The monoisotopic (exact) mass is 410 g/mol. The average molecular weight is 410 g/mol. The number of rotatable bonds is 3. The molecule has 0 aliphatic carbocycles. The van der Waals surface area contributed by atoms with Gasteiger partial charge in [0.2, 0.25) is 0 Å². The summed E-state index contributed by atoms with van der Waals surface area (Å²) >= 11 is 0. The first-order valence-electron chi connectivity index (χ1n) is 8.63. The molecular formula is C21H16F2N4O3. The van der Waals surface area contributed by atoms with E-state index in [4.69, 9.17) is 0 Å². The molecule has 1 aromatic heterocycles. The highest BCUT2D eigenvalue weighted by Gasteiger charge is 2.20. The van der Waals surface area contributed by atoms with Gasteiger partial charge >= 0.3 is 12.0 Å². The normalized spacial score (nSPS) is 10.0.